The minimum absolute atomic E-state index is 0.149. The van der Waals surface area contributed by atoms with Crippen LogP contribution in [0.25, 0.3) is 27.7 Å². The summed E-state index contributed by atoms with van der Waals surface area (Å²) >= 11 is 0. The van der Waals surface area contributed by atoms with E-state index in [4.69, 9.17) is 0 Å². The summed E-state index contributed by atoms with van der Waals surface area (Å²) < 4.78 is 14.4. The third kappa shape index (κ3) is 1.33. The molecule has 0 N–H and O–H groups in total. The lowest BCUT2D eigenvalue weighted by atomic mass is 10.2. The lowest BCUT2D eigenvalue weighted by Gasteiger charge is -1.99. The van der Waals surface area contributed by atoms with Crippen molar-refractivity contribution >= 4 is 36.3 Å². The number of para-hydroxylation sites is 3. The summed E-state index contributed by atoms with van der Waals surface area (Å²) in [6, 6.07) is 14.5. The Morgan fingerprint density at radius 1 is 0.950 bits per heavy atom. The number of aromatic nitrogens is 3. The standard InChI is InChI=1S/C14H8N3O2P/c18-13-9-5-1-2-6-10(9)15-14-16(13)11-7-3-4-8-12(11)17(14)20-19/h1-8H. The summed E-state index contributed by atoms with van der Waals surface area (Å²) in [6.07, 6.45) is 0. The van der Waals surface area contributed by atoms with E-state index in [-0.39, 0.29) is 14.2 Å². The number of hydrogen-bond donors (Lipinski definition) is 0. The van der Waals surface area contributed by atoms with E-state index in [1.165, 1.54) is 8.74 Å². The molecule has 0 aliphatic carbocycles. The molecule has 4 aromatic rings. The van der Waals surface area contributed by atoms with Crippen molar-refractivity contribution in [3.05, 3.63) is 58.9 Å². The van der Waals surface area contributed by atoms with Crippen LogP contribution in [-0.2, 0) is 4.57 Å². The topological polar surface area (TPSA) is 56.4 Å². The van der Waals surface area contributed by atoms with Crippen LogP contribution in [0.3, 0.4) is 0 Å². The Kier molecular flexibility index (Phi) is 2.26. The van der Waals surface area contributed by atoms with E-state index in [9.17, 15) is 9.36 Å². The molecule has 0 unspecified atom stereocenters. The van der Waals surface area contributed by atoms with E-state index in [0.29, 0.717) is 27.7 Å². The Bertz CT molecular complexity index is 1050. The quantitative estimate of drug-likeness (QED) is 0.504. The lowest BCUT2D eigenvalue weighted by molar-refractivity contribution is 0.595. The molecule has 0 spiro atoms. The van der Waals surface area contributed by atoms with Crippen LogP contribution in [-0.4, -0.2) is 13.7 Å². The molecule has 96 valence electrons. The van der Waals surface area contributed by atoms with Crippen molar-refractivity contribution < 1.29 is 4.57 Å². The van der Waals surface area contributed by atoms with Crippen LogP contribution in [0.2, 0.25) is 0 Å². The maximum absolute atomic E-state index is 12.6. The first-order chi connectivity index (χ1) is 9.81. The van der Waals surface area contributed by atoms with Crippen molar-refractivity contribution in [2.75, 3.05) is 0 Å². The van der Waals surface area contributed by atoms with Gasteiger partial charge in [-0.25, -0.2) is 18.3 Å². The highest BCUT2D eigenvalue weighted by molar-refractivity contribution is 7.22. The average Bonchev–Trinajstić information content (AvgIpc) is 2.81. The van der Waals surface area contributed by atoms with E-state index >= 15 is 0 Å². The van der Waals surface area contributed by atoms with Crippen molar-refractivity contribution in [1.29, 1.82) is 0 Å². The van der Waals surface area contributed by atoms with Gasteiger partial charge in [0.05, 0.1) is 21.9 Å². The molecule has 0 saturated heterocycles. The molecule has 0 fully saturated rings. The maximum atomic E-state index is 12.6. The zero-order valence-corrected chi connectivity index (χ0v) is 11.1. The molecule has 20 heavy (non-hydrogen) atoms. The zero-order valence-electron chi connectivity index (χ0n) is 10.2. The predicted molar refractivity (Wildman–Crippen MR) is 77.5 cm³/mol. The fraction of sp³-hybridized carbons (Fsp3) is 0. The van der Waals surface area contributed by atoms with E-state index in [1.54, 1.807) is 12.1 Å². The van der Waals surface area contributed by atoms with Gasteiger partial charge in [0.15, 0.2) is 0 Å². The monoisotopic (exact) mass is 281 g/mol. The number of nitrogens with zero attached hydrogens (tertiary/aromatic N) is 3. The molecule has 4 rings (SSSR count). The molecule has 2 aromatic carbocycles. The van der Waals surface area contributed by atoms with Crippen molar-refractivity contribution in [2.45, 2.75) is 0 Å². The van der Waals surface area contributed by atoms with Gasteiger partial charge >= 0.3 is 0 Å². The molecule has 2 aromatic heterocycles. The van der Waals surface area contributed by atoms with Gasteiger partial charge in [-0.2, -0.15) is 0 Å². The number of fused-ring (bicyclic) bond motifs is 4. The highest BCUT2D eigenvalue weighted by Crippen LogP contribution is 2.23. The lowest BCUT2D eigenvalue weighted by Crippen LogP contribution is -2.14. The van der Waals surface area contributed by atoms with Crippen LogP contribution in [0.1, 0.15) is 0 Å². The third-order valence-electron chi connectivity index (χ3n) is 3.38. The Morgan fingerprint density at radius 2 is 1.65 bits per heavy atom. The maximum Gasteiger partial charge on any atom is 0.289 e. The summed E-state index contributed by atoms with van der Waals surface area (Å²) in [7, 11) is -0.215. The molecule has 0 aliphatic heterocycles. The predicted octanol–water partition coefficient (Wildman–Crippen LogP) is 2.86. The smallest absolute Gasteiger partial charge is 0.268 e. The number of imidazole rings is 1. The molecule has 0 saturated carbocycles. The van der Waals surface area contributed by atoms with Crippen LogP contribution < -0.4 is 5.56 Å². The first-order valence-corrected chi connectivity index (χ1v) is 6.82. The molecule has 0 amide bonds. The van der Waals surface area contributed by atoms with Crippen LogP contribution in [0.5, 0.6) is 0 Å². The van der Waals surface area contributed by atoms with Gasteiger partial charge in [-0.05, 0) is 24.3 Å². The summed E-state index contributed by atoms with van der Waals surface area (Å²) in [6.45, 7) is 0. The van der Waals surface area contributed by atoms with Gasteiger partial charge in [-0.3, -0.25) is 4.79 Å². The molecule has 2 heterocycles. The Hall–Kier alpha value is -2.52. The highest BCUT2D eigenvalue weighted by atomic mass is 31.1. The van der Waals surface area contributed by atoms with Gasteiger partial charge in [0.25, 0.3) is 14.2 Å². The van der Waals surface area contributed by atoms with E-state index in [0.717, 1.165) is 0 Å². The van der Waals surface area contributed by atoms with Crippen molar-refractivity contribution in [3.8, 4) is 0 Å². The van der Waals surface area contributed by atoms with Crippen LogP contribution >= 0.6 is 8.61 Å². The van der Waals surface area contributed by atoms with Gasteiger partial charge in [0.1, 0.15) is 0 Å². The van der Waals surface area contributed by atoms with Crippen LogP contribution in [0, 0.1) is 0 Å². The van der Waals surface area contributed by atoms with E-state index in [2.05, 4.69) is 4.98 Å². The molecule has 0 atom stereocenters. The van der Waals surface area contributed by atoms with Crippen molar-refractivity contribution in [1.82, 2.24) is 13.7 Å². The fourth-order valence-corrected chi connectivity index (χ4v) is 2.97. The van der Waals surface area contributed by atoms with E-state index in [1.807, 2.05) is 36.4 Å². The van der Waals surface area contributed by atoms with Gasteiger partial charge < -0.3 is 0 Å². The highest BCUT2D eigenvalue weighted by Gasteiger charge is 2.15. The third-order valence-corrected chi connectivity index (χ3v) is 3.94. The van der Waals surface area contributed by atoms with Crippen molar-refractivity contribution in [2.24, 2.45) is 0 Å². The van der Waals surface area contributed by atoms with Crippen LogP contribution in [0.4, 0.5) is 0 Å². The molecule has 0 radical (unpaired) electrons. The Labute approximate surface area is 114 Å². The zero-order chi connectivity index (χ0) is 13.7. The Balaban J connectivity index is 2.42. The first-order valence-electron chi connectivity index (χ1n) is 6.06. The minimum Gasteiger partial charge on any atom is -0.268 e. The first kappa shape index (κ1) is 11.3. The summed E-state index contributed by atoms with van der Waals surface area (Å²) in [4.78, 5) is 17.1. The Morgan fingerprint density at radius 3 is 2.45 bits per heavy atom. The van der Waals surface area contributed by atoms with Gasteiger partial charge in [0.2, 0.25) is 5.78 Å². The van der Waals surface area contributed by atoms with Crippen LogP contribution in [0.15, 0.2) is 53.3 Å². The second-order valence-corrected chi connectivity index (χ2v) is 5.01. The molecule has 6 heteroatoms. The summed E-state index contributed by atoms with van der Waals surface area (Å²) in [5, 5.41) is 0.551. The summed E-state index contributed by atoms with van der Waals surface area (Å²) in [5.41, 5.74) is 1.87. The molecular weight excluding hydrogens is 273 g/mol. The average molecular weight is 281 g/mol. The largest absolute Gasteiger partial charge is 0.289 e. The number of benzene rings is 2. The second-order valence-electron chi connectivity index (χ2n) is 4.45. The van der Waals surface area contributed by atoms with Gasteiger partial charge in [-0.15, -0.1) is 0 Å². The normalized spacial score (nSPS) is 11.8. The molecular formula is C14H8N3O2P. The fourth-order valence-electron chi connectivity index (χ4n) is 2.50. The molecule has 0 bridgehead atoms. The number of hydrogen-bond acceptors (Lipinski definition) is 3. The minimum atomic E-state index is -0.215. The molecule has 5 nitrogen and oxygen atoms in total. The SMILES string of the molecule is O=Pn1c2ccccc2n2c(=O)c3ccccc3nc12. The number of rotatable bonds is 1. The summed E-state index contributed by atoms with van der Waals surface area (Å²) in [5.74, 6) is 0.381. The van der Waals surface area contributed by atoms with E-state index < -0.39 is 0 Å². The van der Waals surface area contributed by atoms with Gasteiger partial charge in [0, 0.05) is 0 Å². The van der Waals surface area contributed by atoms with Crippen molar-refractivity contribution in [3.63, 3.8) is 0 Å². The molecule has 0 aliphatic rings. The second kappa shape index (κ2) is 3.99. The van der Waals surface area contributed by atoms with Gasteiger partial charge in [-0.1, -0.05) is 24.3 Å².